The van der Waals surface area contributed by atoms with Gasteiger partial charge in [-0.3, -0.25) is 0 Å². The number of fused-ring (bicyclic) bond motifs is 15. The maximum absolute atomic E-state index is 8.42. The number of benzene rings is 14. The molecule has 0 unspecified atom stereocenters. The topological polar surface area (TPSA) is 67.6 Å². The van der Waals surface area contributed by atoms with Gasteiger partial charge in [0, 0.05) is 0 Å². The van der Waals surface area contributed by atoms with Crippen LogP contribution in [0.1, 0.15) is 0 Å². The van der Waals surface area contributed by atoms with Crippen LogP contribution < -0.4 is 31.3 Å². The summed E-state index contributed by atoms with van der Waals surface area (Å²) in [4.78, 5) is 7.20. The summed E-state index contributed by atoms with van der Waals surface area (Å²) < 4.78 is 39.6. The average molecular weight is 1340 g/mol. The number of hydrogen-bond donors (Lipinski definition) is 0. The molecule has 0 amide bonds. The van der Waals surface area contributed by atoms with Crippen LogP contribution in [-0.4, -0.2) is 18.2 Å². The van der Waals surface area contributed by atoms with Crippen LogP contribution in [0.3, 0.4) is 0 Å². The van der Waals surface area contributed by atoms with Gasteiger partial charge in [0.25, 0.3) is 0 Å². The van der Waals surface area contributed by atoms with E-state index < -0.39 is 18.2 Å². The zero-order valence-electron chi connectivity index (χ0n) is 46.3. The molecule has 420 valence electrons. The molecule has 4 aliphatic heterocycles. The molecule has 8 nitrogen and oxygen atoms in total. The Morgan fingerprint density at radius 2 is 0.607 bits per heavy atom. The number of halogens is 4. The first-order valence-corrected chi connectivity index (χ1v) is 36.7. The van der Waals surface area contributed by atoms with E-state index >= 15 is 0 Å². The summed E-state index contributed by atoms with van der Waals surface area (Å²) >= 11 is 22.9. The van der Waals surface area contributed by atoms with Gasteiger partial charge in [-0.05, 0) is 0 Å². The van der Waals surface area contributed by atoms with Crippen molar-refractivity contribution in [1.82, 2.24) is 0 Å². The Morgan fingerprint density at radius 1 is 0.258 bits per heavy atom. The minimum atomic E-state index is -6.62. The normalized spacial score (nSPS) is 15.3. The van der Waals surface area contributed by atoms with Gasteiger partial charge in [0.15, 0.2) is 0 Å². The van der Waals surface area contributed by atoms with E-state index in [0.29, 0.717) is 0 Å². The van der Waals surface area contributed by atoms with Crippen LogP contribution in [0.5, 0.6) is 11.5 Å². The first kappa shape index (κ1) is 49.5. The van der Waals surface area contributed by atoms with Crippen molar-refractivity contribution in [1.29, 1.82) is 0 Å². The molecule has 4 aliphatic rings. The molecule has 3 aromatic heterocycles. The summed E-state index contributed by atoms with van der Waals surface area (Å²) in [5.41, 5.74) is 12.6. The van der Waals surface area contributed by atoms with Crippen molar-refractivity contribution in [3.8, 4) is 11.5 Å². The van der Waals surface area contributed by atoms with E-state index in [1.165, 1.54) is 0 Å². The molecule has 0 bridgehead atoms. The predicted octanol–water partition coefficient (Wildman–Crippen LogP) is 21.8. The van der Waals surface area contributed by atoms with Gasteiger partial charge in [-0.15, -0.1) is 0 Å². The number of anilines is 9. The first-order valence-electron chi connectivity index (χ1n) is 29.2. The van der Waals surface area contributed by atoms with Gasteiger partial charge in [-0.1, -0.05) is 0 Å². The second kappa shape index (κ2) is 17.0. The Bertz CT molecular complexity index is 6150. The molecule has 0 atom stereocenters. The van der Waals surface area contributed by atoms with Crippen molar-refractivity contribution in [3.63, 3.8) is 0 Å². The van der Waals surface area contributed by atoms with Crippen molar-refractivity contribution in [2.24, 2.45) is 0 Å². The Hall–Kier alpha value is -9.50. The maximum atomic E-state index is 8.42. The van der Waals surface area contributed by atoms with Crippen molar-refractivity contribution in [2.45, 2.75) is 0 Å². The van der Waals surface area contributed by atoms with Crippen LogP contribution in [0, 0.1) is 0 Å². The molecule has 7 heterocycles. The van der Waals surface area contributed by atoms with Gasteiger partial charge in [0.05, 0.1) is 0 Å². The molecule has 89 heavy (non-hydrogen) atoms. The molecule has 0 saturated carbocycles. The molecular formula is C76H38Cl4N3O5Sb. The van der Waals surface area contributed by atoms with E-state index in [1.807, 2.05) is 0 Å². The molecule has 0 fully saturated rings. The molecule has 0 saturated heterocycles. The standard InChI is InChI=1S/C70H38N3O3.C6H2Cl4O2.Sb/c1-4-14-45-33-68-58(30-42(45)11-1)61-38-53(23-26-65(61)74-68)71-49-18-9-20-51(36-49)72(54-24-27-66-62(39-54)59-31-43-12-2-5-15-46(43)34-69(59)75-66)56-29-48-17-7-8-22-57(48)64(41-56)73(52-21-10-19-50(71)37-52)55-25-28-67-63(40-55)60-32-44-13-3-6-16-47(44)35-70(60)76-67;7-1-2(8)4(10)6(12)5(11)3(1)9;/h1-35,38-40H;11-12H;/q;;+2/p-2. The summed E-state index contributed by atoms with van der Waals surface area (Å²) in [6, 6.07) is 81.8. The molecule has 14 aromatic carbocycles. The summed E-state index contributed by atoms with van der Waals surface area (Å²) in [5, 5.41) is 15.0. The Kier molecular flexibility index (Phi) is 9.46. The van der Waals surface area contributed by atoms with Gasteiger partial charge in [-0.25, -0.2) is 0 Å². The average Bonchev–Trinajstić information content (AvgIpc) is 1.62. The molecular weight excluding hydrogens is 1300 g/mol. The van der Waals surface area contributed by atoms with Gasteiger partial charge in [0.2, 0.25) is 0 Å². The summed E-state index contributed by atoms with van der Waals surface area (Å²) in [6.45, 7) is 0. The second-order valence-electron chi connectivity index (χ2n) is 23.6. The van der Waals surface area contributed by atoms with Crippen LogP contribution in [0.2, 0.25) is 20.1 Å². The van der Waals surface area contributed by atoms with Crippen LogP contribution in [0.15, 0.2) is 244 Å². The minimum absolute atomic E-state index is 0.0729. The molecule has 13 heteroatoms. The third-order valence-electron chi connectivity index (χ3n) is 19.1. The number of rotatable bonds is 3. The predicted molar refractivity (Wildman–Crippen MR) is 368 cm³/mol. The molecule has 0 radical (unpaired) electrons. The van der Waals surface area contributed by atoms with Crippen molar-refractivity contribution in [3.05, 3.63) is 251 Å². The zero-order valence-corrected chi connectivity index (χ0v) is 51.9. The SMILES string of the molecule is Clc1c(Cl)c(Cl)c2c(c1Cl)[O][Sb]13([O]2)[c]2c4cccc2N(c2ccc5oc6cc7ccccc7cc6c5c2)c2cc5ccccc5c([c]21)N(c1ccc2oc5cc6ccccc6cc5c2c1)c1cccc([c]13)N4c1ccc2oc3cc4ccccc4cc3c2c1. The zero-order chi connectivity index (χ0) is 58.5. The first-order chi connectivity index (χ1) is 43.7. The third-order valence-corrected chi connectivity index (χ3v) is 34.7. The molecule has 1 spiro atoms. The van der Waals surface area contributed by atoms with E-state index in [4.69, 9.17) is 65.7 Å². The summed E-state index contributed by atoms with van der Waals surface area (Å²) in [7, 11) is 0. The Morgan fingerprint density at radius 3 is 1.03 bits per heavy atom. The van der Waals surface area contributed by atoms with Crippen LogP contribution in [-0.2, 0) is 0 Å². The fourth-order valence-electron chi connectivity index (χ4n) is 15.4. The van der Waals surface area contributed by atoms with E-state index in [0.717, 1.165) is 171 Å². The summed E-state index contributed by atoms with van der Waals surface area (Å²) in [5.74, 6) is 0.482. The van der Waals surface area contributed by atoms with Gasteiger partial charge in [-0.2, -0.15) is 0 Å². The van der Waals surface area contributed by atoms with Crippen LogP contribution in [0.25, 0.3) is 109 Å². The second-order valence-corrected chi connectivity index (χ2v) is 35.4. The molecule has 0 N–H and O–H groups in total. The summed E-state index contributed by atoms with van der Waals surface area (Å²) in [6.07, 6.45) is 0. The van der Waals surface area contributed by atoms with Crippen molar-refractivity contribution >= 4 is 235 Å². The number of furan rings is 3. The van der Waals surface area contributed by atoms with E-state index in [9.17, 15) is 0 Å². The van der Waals surface area contributed by atoms with Gasteiger partial charge < -0.3 is 0 Å². The molecule has 0 aliphatic carbocycles. The monoisotopic (exact) mass is 1330 g/mol. The number of hydrogen-bond acceptors (Lipinski definition) is 8. The van der Waals surface area contributed by atoms with E-state index in [1.54, 1.807) is 0 Å². The third kappa shape index (κ3) is 6.14. The van der Waals surface area contributed by atoms with Crippen molar-refractivity contribution < 1.29 is 19.3 Å². The van der Waals surface area contributed by atoms with Crippen molar-refractivity contribution in [2.75, 3.05) is 14.7 Å². The van der Waals surface area contributed by atoms with Crippen LogP contribution in [0.4, 0.5) is 51.2 Å². The fraction of sp³-hybridized carbons (Fsp3) is 0. The quantitative estimate of drug-likeness (QED) is 0.0985. The van der Waals surface area contributed by atoms with Crippen LogP contribution >= 0.6 is 46.4 Å². The Balaban J connectivity index is 0.936. The van der Waals surface area contributed by atoms with Gasteiger partial charge in [0.1, 0.15) is 0 Å². The molecule has 17 aromatic rings. The number of nitrogens with zero attached hydrogens (tertiary/aromatic N) is 3. The van der Waals surface area contributed by atoms with Gasteiger partial charge >= 0.3 is 531 Å². The Labute approximate surface area is 527 Å². The van der Waals surface area contributed by atoms with E-state index in [2.05, 4.69) is 245 Å². The molecule has 21 rings (SSSR count). The van der Waals surface area contributed by atoms with E-state index in [-0.39, 0.29) is 31.6 Å². The fourth-order valence-corrected chi connectivity index (χ4v) is 33.3.